The highest BCUT2D eigenvalue weighted by Crippen LogP contribution is 2.23. The Morgan fingerprint density at radius 3 is 2.71 bits per heavy atom. The number of halogens is 1. The summed E-state index contributed by atoms with van der Waals surface area (Å²) < 4.78 is 27.6. The van der Waals surface area contributed by atoms with Crippen LogP contribution in [0.3, 0.4) is 0 Å². The molecule has 0 aromatic heterocycles. The van der Waals surface area contributed by atoms with Crippen LogP contribution in [0.15, 0.2) is 27.6 Å². The molecule has 0 radical (unpaired) electrons. The molecule has 0 heterocycles. The smallest absolute Gasteiger partial charge is 0.335 e. The van der Waals surface area contributed by atoms with Crippen LogP contribution >= 0.6 is 27.7 Å². The number of rotatable bonds is 8. The Bertz CT molecular complexity index is 604. The van der Waals surface area contributed by atoms with Crippen molar-refractivity contribution >= 4 is 43.7 Å². The maximum atomic E-state index is 12.3. The molecule has 0 amide bonds. The molecule has 118 valence electrons. The van der Waals surface area contributed by atoms with Crippen molar-refractivity contribution in [2.24, 2.45) is 0 Å². The topological polar surface area (TPSA) is 83.5 Å². The highest BCUT2D eigenvalue weighted by molar-refractivity contribution is 9.10. The van der Waals surface area contributed by atoms with Gasteiger partial charge in [-0.15, -0.1) is 0 Å². The third-order valence-corrected chi connectivity index (χ3v) is 6.24. The van der Waals surface area contributed by atoms with E-state index in [2.05, 4.69) is 20.7 Å². The van der Waals surface area contributed by atoms with Gasteiger partial charge in [-0.05, 0) is 59.0 Å². The van der Waals surface area contributed by atoms with Gasteiger partial charge in [0.15, 0.2) is 0 Å². The average molecular weight is 396 g/mol. The van der Waals surface area contributed by atoms with Gasteiger partial charge < -0.3 is 5.11 Å². The summed E-state index contributed by atoms with van der Waals surface area (Å²) in [6.07, 6.45) is 0.716. The fourth-order valence-corrected chi connectivity index (χ4v) is 4.71. The Morgan fingerprint density at radius 2 is 2.14 bits per heavy atom. The van der Waals surface area contributed by atoms with E-state index in [1.165, 1.54) is 12.1 Å². The molecular formula is C13H18BrNO4S2. The van der Waals surface area contributed by atoms with Crippen molar-refractivity contribution < 1.29 is 18.3 Å². The highest BCUT2D eigenvalue weighted by Gasteiger charge is 2.21. The molecule has 8 heteroatoms. The van der Waals surface area contributed by atoms with Crippen LogP contribution in [-0.4, -0.2) is 37.0 Å². The number of sulfonamides is 1. The van der Waals surface area contributed by atoms with Crippen LogP contribution < -0.4 is 4.72 Å². The summed E-state index contributed by atoms with van der Waals surface area (Å²) in [5.41, 5.74) is -0.0623. The molecule has 1 rings (SSSR count). The number of carboxylic acids is 1. The van der Waals surface area contributed by atoms with Crippen molar-refractivity contribution in [3.8, 4) is 0 Å². The fraction of sp³-hybridized carbons (Fsp3) is 0.462. The summed E-state index contributed by atoms with van der Waals surface area (Å²) in [5, 5.41) is 8.96. The zero-order chi connectivity index (χ0) is 16.0. The van der Waals surface area contributed by atoms with Crippen LogP contribution in [0.25, 0.3) is 0 Å². The van der Waals surface area contributed by atoms with E-state index in [-0.39, 0.29) is 16.5 Å². The second-order valence-electron chi connectivity index (χ2n) is 4.46. The normalized spacial score (nSPS) is 13.1. The first-order valence-corrected chi connectivity index (χ1v) is 9.84. The lowest BCUT2D eigenvalue weighted by atomic mass is 10.2. The van der Waals surface area contributed by atoms with Crippen molar-refractivity contribution in [3.05, 3.63) is 28.2 Å². The average Bonchev–Trinajstić information content (AvgIpc) is 2.38. The van der Waals surface area contributed by atoms with Gasteiger partial charge in [0.1, 0.15) is 0 Å². The predicted octanol–water partition coefficient (Wildman–Crippen LogP) is 2.96. The van der Waals surface area contributed by atoms with Crippen molar-refractivity contribution in [2.45, 2.75) is 31.2 Å². The Labute approximate surface area is 137 Å². The van der Waals surface area contributed by atoms with Gasteiger partial charge in [0, 0.05) is 10.5 Å². The van der Waals surface area contributed by atoms with Gasteiger partial charge in [-0.2, -0.15) is 11.8 Å². The lowest BCUT2D eigenvalue weighted by Gasteiger charge is -2.15. The fourth-order valence-electron chi connectivity index (χ4n) is 1.63. The molecular weight excluding hydrogens is 378 g/mol. The molecule has 0 fully saturated rings. The largest absolute Gasteiger partial charge is 0.478 e. The number of hydrogen-bond donors (Lipinski definition) is 2. The van der Waals surface area contributed by atoms with E-state index in [1.54, 1.807) is 18.7 Å². The lowest BCUT2D eigenvalue weighted by molar-refractivity contribution is 0.0696. The van der Waals surface area contributed by atoms with Crippen LogP contribution in [0.5, 0.6) is 0 Å². The van der Waals surface area contributed by atoms with Crippen molar-refractivity contribution in [2.75, 3.05) is 11.5 Å². The standard InChI is InChI=1S/C13H18BrNO4S2/c1-3-20-7-6-9(2)15-21(18,19)12-8-10(13(16)17)4-5-11(12)14/h4-5,8-9,15H,3,6-7H2,1-2H3,(H,16,17). The molecule has 0 spiro atoms. The highest BCUT2D eigenvalue weighted by atomic mass is 79.9. The zero-order valence-corrected chi connectivity index (χ0v) is 15.0. The van der Waals surface area contributed by atoms with Crippen LogP contribution in [0, 0.1) is 0 Å². The molecule has 0 saturated carbocycles. The summed E-state index contributed by atoms with van der Waals surface area (Å²) in [6, 6.07) is 3.72. The van der Waals surface area contributed by atoms with Gasteiger partial charge in [-0.1, -0.05) is 6.92 Å². The SMILES string of the molecule is CCSCCC(C)NS(=O)(=O)c1cc(C(=O)O)ccc1Br. The van der Waals surface area contributed by atoms with Crippen LogP contribution in [-0.2, 0) is 10.0 Å². The van der Waals surface area contributed by atoms with E-state index in [9.17, 15) is 13.2 Å². The van der Waals surface area contributed by atoms with Crippen LogP contribution in [0.4, 0.5) is 0 Å². The molecule has 0 saturated heterocycles. The molecule has 5 nitrogen and oxygen atoms in total. The second-order valence-corrected chi connectivity index (χ2v) is 8.39. The van der Waals surface area contributed by atoms with Crippen molar-refractivity contribution in [1.29, 1.82) is 0 Å². The molecule has 21 heavy (non-hydrogen) atoms. The van der Waals surface area contributed by atoms with Crippen molar-refractivity contribution in [3.63, 3.8) is 0 Å². The molecule has 0 aliphatic carbocycles. The predicted molar refractivity (Wildman–Crippen MR) is 88.5 cm³/mol. The first-order valence-electron chi connectivity index (χ1n) is 6.41. The van der Waals surface area contributed by atoms with Gasteiger partial charge in [-0.3, -0.25) is 0 Å². The molecule has 2 N–H and O–H groups in total. The summed E-state index contributed by atoms with van der Waals surface area (Å²) in [7, 11) is -3.75. The Morgan fingerprint density at radius 1 is 1.48 bits per heavy atom. The second kappa shape index (κ2) is 8.17. The molecule has 0 aliphatic rings. The van der Waals surface area contributed by atoms with E-state index in [4.69, 9.17) is 5.11 Å². The minimum absolute atomic E-state index is 0.0580. The third-order valence-electron chi connectivity index (χ3n) is 2.72. The minimum atomic E-state index is -3.75. The van der Waals surface area contributed by atoms with E-state index < -0.39 is 16.0 Å². The quantitative estimate of drug-likeness (QED) is 0.661. The van der Waals surface area contributed by atoms with Crippen molar-refractivity contribution in [1.82, 2.24) is 4.72 Å². The first-order chi connectivity index (χ1) is 9.77. The number of carboxylic acid groups (broad SMARTS) is 1. The summed E-state index contributed by atoms with van der Waals surface area (Å²) in [6.45, 7) is 3.84. The maximum absolute atomic E-state index is 12.3. The summed E-state index contributed by atoms with van der Waals surface area (Å²) in [5.74, 6) is 0.702. The van der Waals surface area contributed by atoms with E-state index in [0.29, 0.717) is 10.9 Å². The molecule has 0 bridgehead atoms. The summed E-state index contributed by atoms with van der Waals surface area (Å²) in [4.78, 5) is 10.9. The number of thioether (sulfide) groups is 1. The number of carbonyl (C=O) groups is 1. The zero-order valence-electron chi connectivity index (χ0n) is 11.8. The molecule has 1 aromatic carbocycles. The molecule has 0 aliphatic heterocycles. The Balaban J connectivity index is 2.92. The van der Waals surface area contributed by atoms with Gasteiger partial charge in [0.2, 0.25) is 10.0 Å². The third kappa shape index (κ3) is 5.61. The van der Waals surface area contributed by atoms with E-state index >= 15 is 0 Å². The monoisotopic (exact) mass is 395 g/mol. The lowest BCUT2D eigenvalue weighted by Crippen LogP contribution is -2.33. The van der Waals surface area contributed by atoms with Crippen LogP contribution in [0.1, 0.15) is 30.6 Å². The number of benzene rings is 1. The Hall–Kier alpha value is -0.570. The van der Waals surface area contributed by atoms with E-state index in [1.807, 2.05) is 6.92 Å². The molecule has 1 aromatic rings. The number of hydrogen-bond acceptors (Lipinski definition) is 4. The van der Waals surface area contributed by atoms with Gasteiger partial charge >= 0.3 is 5.97 Å². The first kappa shape index (κ1) is 18.5. The number of aromatic carboxylic acids is 1. The van der Waals surface area contributed by atoms with Gasteiger partial charge in [0.25, 0.3) is 0 Å². The molecule has 1 atom stereocenters. The van der Waals surface area contributed by atoms with E-state index in [0.717, 1.165) is 17.6 Å². The number of nitrogens with one attached hydrogen (secondary N) is 1. The summed E-state index contributed by atoms with van der Waals surface area (Å²) >= 11 is 4.90. The van der Waals surface area contributed by atoms with Gasteiger partial charge in [0.05, 0.1) is 10.5 Å². The maximum Gasteiger partial charge on any atom is 0.335 e. The minimum Gasteiger partial charge on any atom is -0.478 e. The Kier molecular flexibility index (Phi) is 7.19. The van der Waals surface area contributed by atoms with Gasteiger partial charge in [-0.25, -0.2) is 17.9 Å². The van der Waals surface area contributed by atoms with Crippen LogP contribution in [0.2, 0.25) is 0 Å². The molecule has 1 unspecified atom stereocenters.